The third kappa shape index (κ3) is 3.14. The molecule has 1 aromatic rings. The highest BCUT2D eigenvalue weighted by atomic mass is 79.9. The Morgan fingerprint density at radius 3 is 2.78 bits per heavy atom. The Morgan fingerprint density at radius 1 is 1.39 bits per heavy atom. The van der Waals surface area contributed by atoms with Gasteiger partial charge in [0, 0.05) is 10.5 Å². The minimum Gasteiger partial charge on any atom is -0.316 e. The Hall–Kier alpha value is -0.380. The molecule has 18 heavy (non-hydrogen) atoms. The van der Waals surface area contributed by atoms with Gasteiger partial charge in [0.15, 0.2) is 0 Å². The number of nitrogens with zero attached hydrogens (tertiary/aromatic N) is 1. The molecule has 1 N–H and O–H groups in total. The first-order chi connectivity index (χ1) is 8.59. The molecule has 0 saturated carbocycles. The standard InChI is InChI=1S/C15H23BrN2/c1-11-6-7-13(16)9-14(11)15(18(2)3)12-5-4-8-17-10-12/h6-7,9,12,15,17H,4-5,8,10H2,1-3H3. The lowest BCUT2D eigenvalue weighted by molar-refractivity contribution is 0.180. The molecule has 0 bridgehead atoms. The van der Waals surface area contributed by atoms with Crippen LogP contribution in [0.2, 0.25) is 0 Å². The molecule has 2 rings (SSSR count). The molecule has 1 heterocycles. The molecule has 0 aromatic heterocycles. The molecule has 3 heteroatoms. The summed E-state index contributed by atoms with van der Waals surface area (Å²) in [6, 6.07) is 7.14. The van der Waals surface area contributed by atoms with Crippen molar-refractivity contribution < 1.29 is 0 Å². The fourth-order valence-electron chi connectivity index (χ4n) is 3.03. The smallest absolute Gasteiger partial charge is 0.0385 e. The molecule has 0 spiro atoms. The molecule has 0 radical (unpaired) electrons. The number of nitrogens with one attached hydrogen (secondary N) is 1. The average molecular weight is 311 g/mol. The zero-order valence-electron chi connectivity index (χ0n) is 11.5. The summed E-state index contributed by atoms with van der Waals surface area (Å²) in [5, 5.41) is 3.54. The molecule has 2 unspecified atom stereocenters. The SMILES string of the molecule is Cc1ccc(Br)cc1C(C1CCCNC1)N(C)C. The number of hydrogen-bond acceptors (Lipinski definition) is 2. The Morgan fingerprint density at radius 2 is 2.17 bits per heavy atom. The molecule has 1 fully saturated rings. The van der Waals surface area contributed by atoms with E-state index in [0.717, 1.165) is 6.54 Å². The van der Waals surface area contributed by atoms with E-state index >= 15 is 0 Å². The number of piperidine rings is 1. The van der Waals surface area contributed by atoms with E-state index in [1.165, 1.54) is 35.0 Å². The number of halogens is 1. The summed E-state index contributed by atoms with van der Waals surface area (Å²) in [6.07, 6.45) is 2.61. The van der Waals surface area contributed by atoms with Crippen LogP contribution in [0.15, 0.2) is 22.7 Å². The van der Waals surface area contributed by atoms with E-state index < -0.39 is 0 Å². The van der Waals surface area contributed by atoms with Gasteiger partial charge in [-0.05, 0) is 76.1 Å². The second kappa shape index (κ2) is 6.18. The van der Waals surface area contributed by atoms with Crippen molar-refractivity contribution in [3.63, 3.8) is 0 Å². The van der Waals surface area contributed by atoms with E-state index in [9.17, 15) is 0 Å². The van der Waals surface area contributed by atoms with E-state index in [-0.39, 0.29) is 0 Å². The van der Waals surface area contributed by atoms with Gasteiger partial charge in [0.25, 0.3) is 0 Å². The van der Waals surface area contributed by atoms with Gasteiger partial charge in [0.05, 0.1) is 0 Å². The zero-order chi connectivity index (χ0) is 13.1. The molecule has 1 aliphatic heterocycles. The molecule has 2 nitrogen and oxygen atoms in total. The van der Waals surface area contributed by atoms with Crippen molar-refractivity contribution >= 4 is 15.9 Å². The first-order valence-corrected chi connectivity index (χ1v) is 7.52. The first kappa shape index (κ1) is 14.0. The van der Waals surface area contributed by atoms with Gasteiger partial charge in [-0.1, -0.05) is 22.0 Å². The summed E-state index contributed by atoms with van der Waals surface area (Å²) < 4.78 is 1.18. The Balaban J connectivity index is 2.31. The topological polar surface area (TPSA) is 15.3 Å². The van der Waals surface area contributed by atoms with E-state index in [0.29, 0.717) is 12.0 Å². The summed E-state index contributed by atoms with van der Waals surface area (Å²) in [6.45, 7) is 4.53. The third-order valence-electron chi connectivity index (χ3n) is 3.90. The summed E-state index contributed by atoms with van der Waals surface area (Å²) >= 11 is 3.60. The second-order valence-corrected chi connectivity index (χ2v) is 6.43. The Labute approximate surface area is 119 Å². The summed E-state index contributed by atoms with van der Waals surface area (Å²) in [4.78, 5) is 2.37. The number of rotatable bonds is 3. The fourth-order valence-corrected chi connectivity index (χ4v) is 3.41. The van der Waals surface area contributed by atoms with Crippen LogP contribution in [0.3, 0.4) is 0 Å². The molecular formula is C15H23BrN2. The van der Waals surface area contributed by atoms with Gasteiger partial charge in [-0.15, -0.1) is 0 Å². The van der Waals surface area contributed by atoms with Crippen molar-refractivity contribution in [2.75, 3.05) is 27.2 Å². The van der Waals surface area contributed by atoms with Crippen LogP contribution in [0.1, 0.15) is 30.0 Å². The van der Waals surface area contributed by atoms with Gasteiger partial charge in [-0.3, -0.25) is 0 Å². The lowest BCUT2D eigenvalue weighted by Crippen LogP contribution is -2.38. The molecule has 0 amide bonds. The molecule has 1 aliphatic rings. The molecule has 0 aliphatic carbocycles. The maximum atomic E-state index is 3.60. The fraction of sp³-hybridized carbons (Fsp3) is 0.600. The minimum absolute atomic E-state index is 0.510. The van der Waals surface area contributed by atoms with E-state index in [1.807, 2.05) is 0 Å². The third-order valence-corrected chi connectivity index (χ3v) is 4.39. The average Bonchev–Trinajstić information content (AvgIpc) is 2.35. The van der Waals surface area contributed by atoms with Crippen LogP contribution in [0, 0.1) is 12.8 Å². The van der Waals surface area contributed by atoms with Crippen molar-refractivity contribution in [1.82, 2.24) is 10.2 Å². The van der Waals surface area contributed by atoms with Crippen LogP contribution >= 0.6 is 15.9 Å². The number of benzene rings is 1. The molecule has 100 valence electrons. The number of aryl methyl sites for hydroxylation is 1. The first-order valence-electron chi connectivity index (χ1n) is 6.73. The van der Waals surface area contributed by atoms with Gasteiger partial charge < -0.3 is 10.2 Å². The maximum absolute atomic E-state index is 3.60. The van der Waals surface area contributed by atoms with Crippen LogP contribution in [0.4, 0.5) is 0 Å². The van der Waals surface area contributed by atoms with E-state index in [2.05, 4.69) is 65.4 Å². The van der Waals surface area contributed by atoms with Gasteiger partial charge in [-0.2, -0.15) is 0 Å². The van der Waals surface area contributed by atoms with E-state index in [4.69, 9.17) is 0 Å². The molecular weight excluding hydrogens is 288 g/mol. The van der Waals surface area contributed by atoms with Crippen LogP contribution in [0.25, 0.3) is 0 Å². The largest absolute Gasteiger partial charge is 0.316 e. The van der Waals surface area contributed by atoms with Crippen molar-refractivity contribution in [3.8, 4) is 0 Å². The predicted octanol–water partition coefficient (Wildman–Crippen LogP) is 3.36. The zero-order valence-corrected chi connectivity index (χ0v) is 13.1. The maximum Gasteiger partial charge on any atom is 0.0385 e. The summed E-state index contributed by atoms with van der Waals surface area (Å²) in [7, 11) is 4.39. The van der Waals surface area contributed by atoms with Gasteiger partial charge in [-0.25, -0.2) is 0 Å². The van der Waals surface area contributed by atoms with Crippen molar-refractivity contribution in [3.05, 3.63) is 33.8 Å². The normalized spacial score (nSPS) is 22.2. The van der Waals surface area contributed by atoms with Crippen LogP contribution < -0.4 is 5.32 Å². The number of hydrogen-bond donors (Lipinski definition) is 1. The molecule has 1 aromatic carbocycles. The lowest BCUT2D eigenvalue weighted by Gasteiger charge is -2.36. The highest BCUT2D eigenvalue weighted by molar-refractivity contribution is 9.10. The second-order valence-electron chi connectivity index (χ2n) is 5.52. The van der Waals surface area contributed by atoms with Crippen molar-refractivity contribution in [1.29, 1.82) is 0 Å². The van der Waals surface area contributed by atoms with Crippen molar-refractivity contribution in [2.24, 2.45) is 5.92 Å². The quantitative estimate of drug-likeness (QED) is 0.921. The predicted molar refractivity (Wildman–Crippen MR) is 80.9 cm³/mol. The minimum atomic E-state index is 0.510. The summed E-state index contributed by atoms with van der Waals surface area (Å²) in [5.41, 5.74) is 2.85. The van der Waals surface area contributed by atoms with Gasteiger partial charge in [0.1, 0.15) is 0 Å². The highest BCUT2D eigenvalue weighted by Gasteiger charge is 2.27. The summed E-state index contributed by atoms with van der Waals surface area (Å²) in [5.74, 6) is 0.710. The van der Waals surface area contributed by atoms with E-state index in [1.54, 1.807) is 0 Å². The van der Waals surface area contributed by atoms with Crippen LogP contribution in [0.5, 0.6) is 0 Å². The molecule has 1 saturated heterocycles. The highest BCUT2D eigenvalue weighted by Crippen LogP contribution is 2.34. The van der Waals surface area contributed by atoms with Crippen LogP contribution in [-0.4, -0.2) is 32.1 Å². The van der Waals surface area contributed by atoms with Gasteiger partial charge in [0.2, 0.25) is 0 Å². The van der Waals surface area contributed by atoms with Crippen molar-refractivity contribution in [2.45, 2.75) is 25.8 Å². The monoisotopic (exact) mass is 310 g/mol. The molecule has 2 atom stereocenters. The Bertz CT molecular complexity index is 397. The van der Waals surface area contributed by atoms with Crippen LogP contribution in [-0.2, 0) is 0 Å². The Kier molecular flexibility index (Phi) is 4.82. The lowest BCUT2D eigenvalue weighted by atomic mass is 9.85. The van der Waals surface area contributed by atoms with Gasteiger partial charge >= 0.3 is 0 Å².